The van der Waals surface area contributed by atoms with E-state index in [0.29, 0.717) is 0 Å². The predicted molar refractivity (Wildman–Crippen MR) is 128 cm³/mol. The molecule has 0 aliphatic carbocycles. The Morgan fingerprint density at radius 2 is 1.33 bits per heavy atom. The van der Waals surface area contributed by atoms with Crippen LogP contribution in [0, 0.1) is 27.7 Å². The molecule has 0 aliphatic heterocycles. The van der Waals surface area contributed by atoms with Gasteiger partial charge in [-0.1, -0.05) is 74.5 Å². The van der Waals surface area contributed by atoms with Gasteiger partial charge in [-0.25, -0.2) is 0 Å². The van der Waals surface area contributed by atoms with Gasteiger partial charge in [-0.2, -0.15) is 0 Å². The third-order valence-corrected chi connectivity index (χ3v) is 4.98. The second kappa shape index (κ2) is 13.4. The number of hydrogen-bond acceptors (Lipinski definition) is 1. The van der Waals surface area contributed by atoms with Gasteiger partial charge in [0.25, 0.3) is 0 Å². The van der Waals surface area contributed by atoms with Gasteiger partial charge < -0.3 is 0 Å². The van der Waals surface area contributed by atoms with Crippen molar-refractivity contribution in [1.29, 1.82) is 0 Å². The molecule has 0 bridgehead atoms. The third kappa shape index (κ3) is 10.2. The molecule has 0 heterocycles. The SMILES string of the molecule is C=C(C)Cc1cc(C)c(C)cc1C.C=C(Cc1ccc(C)cc1)SC.CC. The van der Waals surface area contributed by atoms with Crippen molar-refractivity contribution in [3.63, 3.8) is 0 Å². The highest BCUT2D eigenvalue weighted by atomic mass is 32.2. The minimum atomic E-state index is 0.988. The fourth-order valence-electron chi connectivity index (χ4n) is 2.54. The van der Waals surface area contributed by atoms with Gasteiger partial charge in [0.15, 0.2) is 0 Å². The molecule has 2 aromatic carbocycles. The summed E-state index contributed by atoms with van der Waals surface area (Å²) in [6.45, 7) is 22.6. The molecule has 0 N–H and O–H groups in total. The summed E-state index contributed by atoms with van der Waals surface area (Å²) < 4.78 is 0. The van der Waals surface area contributed by atoms with E-state index in [0.717, 1.165) is 12.8 Å². The highest BCUT2D eigenvalue weighted by Crippen LogP contribution is 2.18. The van der Waals surface area contributed by atoms with Gasteiger partial charge >= 0.3 is 0 Å². The Balaban J connectivity index is 0.000000460. The highest BCUT2D eigenvalue weighted by Gasteiger charge is 2.01. The van der Waals surface area contributed by atoms with Crippen molar-refractivity contribution in [2.24, 2.45) is 0 Å². The molecule has 2 aromatic rings. The molecule has 2 rings (SSSR count). The van der Waals surface area contributed by atoms with Crippen molar-refractivity contribution in [2.45, 2.75) is 61.3 Å². The Hall–Kier alpha value is -1.73. The Morgan fingerprint density at radius 1 is 0.815 bits per heavy atom. The molecule has 148 valence electrons. The standard InChI is InChI=1S/C13H18.C11H14S.C2H6/c1-9(2)6-13-8-11(4)10(3)7-12(13)5;1-9-4-6-11(7-5-9)8-10(2)12-3;1-2/h7-8H,1,6H2,2-5H3;4-7H,2,8H2,1,3H3;1-2H3. The summed E-state index contributed by atoms with van der Waals surface area (Å²) >= 11 is 1.73. The molecule has 0 fully saturated rings. The van der Waals surface area contributed by atoms with E-state index in [-0.39, 0.29) is 0 Å². The molecular formula is C26H38S. The maximum absolute atomic E-state index is 3.95. The van der Waals surface area contributed by atoms with E-state index in [9.17, 15) is 0 Å². The summed E-state index contributed by atoms with van der Waals surface area (Å²) in [5.74, 6) is 0. The number of allylic oxidation sites excluding steroid dienone is 2. The lowest BCUT2D eigenvalue weighted by atomic mass is 9.97. The van der Waals surface area contributed by atoms with E-state index < -0.39 is 0 Å². The number of hydrogen-bond donors (Lipinski definition) is 0. The molecule has 1 heteroatoms. The van der Waals surface area contributed by atoms with E-state index in [1.807, 2.05) is 13.8 Å². The summed E-state index contributed by atoms with van der Waals surface area (Å²) in [4.78, 5) is 1.22. The quantitative estimate of drug-likeness (QED) is 0.470. The van der Waals surface area contributed by atoms with Crippen LogP contribution in [0.2, 0.25) is 0 Å². The van der Waals surface area contributed by atoms with Crippen LogP contribution in [-0.4, -0.2) is 6.26 Å². The monoisotopic (exact) mass is 382 g/mol. The van der Waals surface area contributed by atoms with E-state index >= 15 is 0 Å². The van der Waals surface area contributed by atoms with E-state index in [2.05, 4.69) is 90.4 Å². The molecule has 27 heavy (non-hydrogen) atoms. The second-order valence-corrected chi connectivity index (χ2v) is 7.89. The molecule has 0 nitrogen and oxygen atoms in total. The van der Waals surface area contributed by atoms with Gasteiger partial charge in [0.1, 0.15) is 0 Å². The average molecular weight is 383 g/mol. The first-order chi connectivity index (χ1) is 12.7. The van der Waals surface area contributed by atoms with E-state index in [4.69, 9.17) is 0 Å². The van der Waals surface area contributed by atoms with Crippen LogP contribution < -0.4 is 0 Å². The molecule has 0 saturated heterocycles. The van der Waals surface area contributed by atoms with Crippen LogP contribution in [0.4, 0.5) is 0 Å². The second-order valence-electron chi connectivity index (χ2n) is 6.90. The summed E-state index contributed by atoms with van der Waals surface area (Å²) in [6, 6.07) is 13.1. The minimum absolute atomic E-state index is 0.988. The van der Waals surface area contributed by atoms with Crippen LogP contribution in [0.1, 0.15) is 54.2 Å². The smallest absolute Gasteiger partial charge is 0.00283 e. The van der Waals surface area contributed by atoms with Gasteiger partial charge in [0.05, 0.1) is 0 Å². The van der Waals surface area contributed by atoms with Crippen LogP contribution in [0.15, 0.2) is 60.0 Å². The molecule has 0 unspecified atom stereocenters. The zero-order valence-corrected chi connectivity index (χ0v) is 19.5. The maximum Gasteiger partial charge on any atom is 0.00283 e. The van der Waals surface area contributed by atoms with Crippen LogP contribution in [-0.2, 0) is 12.8 Å². The molecular weight excluding hydrogens is 344 g/mol. The normalized spacial score (nSPS) is 9.48. The summed E-state index contributed by atoms with van der Waals surface area (Å²) in [5, 5.41) is 0. The fourth-order valence-corrected chi connectivity index (χ4v) is 2.85. The number of aryl methyl sites for hydroxylation is 4. The van der Waals surface area contributed by atoms with Gasteiger partial charge in [0, 0.05) is 6.42 Å². The van der Waals surface area contributed by atoms with Gasteiger partial charge in [-0.15, -0.1) is 11.8 Å². The number of rotatable bonds is 5. The largest absolute Gasteiger partial charge is 0.134 e. The summed E-state index contributed by atoms with van der Waals surface area (Å²) in [6.07, 6.45) is 4.06. The van der Waals surface area contributed by atoms with Crippen molar-refractivity contribution in [2.75, 3.05) is 6.26 Å². The van der Waals surface area contributed by atoms with Crippen LogP contribution in [0.3, 0.4) is 0 Å². The topological polar surface area (TPSA) is 0 Å². The Kier molecular flexibility index (Phi) is 12.6. The lowest BCUT2D eigenvalue weighted by Crippen LogP contribution is -1.93. The molecule has 0 atom stereocenters. The van der Waals surface area contributed by atoms with E-state index in [1.54, 1.807) is 11.8 Å². The molecule has 0 radical (unpaired) electrons. The first-order valence-electron chi connectivity index (χ1n) is 9.71. The lowest BCUT2D eigenvalue weighted by Gasteiger charge is -2.09. The Bertz CT molecular complexity index is 721. The summed E-state index contributed by atoms with van der Waals surface area (Å²) in [5.41, 5.74) is 9.44. The van der Waals surface area contributed by atoms with Crippen LogP contribution >= 0.6 is 11.8 Å². The zero-order valence-electron chi connectivity index (χ0n) is 18.7. The van der Waals surface area contributed by atoms with Crippen LogP contribution in [0.25, 0.3) is 0 Å². The maximum atomic E-state index is 3.95. The first kappa shape index (κ1) is 25.3. The van der Waals surface area contributed by atoms with Crippen molar-refractivity contribution in [3.05, 3.63) is 93.4 Å². The van der Waals surface area contributed by atoms with Crippen LogP contribution in [0.5, 0.6) is 0 Å². The zero-order chi connectivity index (χ0) is 21.0. The highest BCUT2D eigenvalue weighted by molar-refractivity contribution is 8.02. The molecule has 0 aromatic heterocycles. The minimum Gasteiger partial charge on any atom is -0.134 e. The predicted octanol–water partition coefficient (Wildman–Crippen LogP) is 8.17. The van der Waals surface area contributed by atoms with Crippen molar-refractivity contribution in [1.82, 2.24) is 0 Å². The molecule has 0 saturated carbocycles. The first-order valence-corrected chi connectivity index (χ1v) is 10.9. The van der Waals surface area contributed by atoms with Gasteiger partial charge in [-0.3, -0.25) is 0 Å². The lowest BCUT2D eigenvalue weighted by molar-refractivity contribution is 1.11. The Labute approximate surface area is 172 Å². The number of thioether (sulfide) groups is 1. The fraction of sp³-hybridized carbons (Fsp3) is 0.385. The number of benzene rings is 2. The van der Waals surface area contributed by atoms with Crippen molar-refractivity contribution in [3.8, 4) is 0 Å². The molecule has 0 aliphatic rings. The molecule has 0 spiro atoms. The van der Waals surface area contributed by atoms with Gasteiger partial charge in [0.2, 0.25) is 0 Å². The molecule has 0 amide bonds. The van der Waals surface area contributed by atoms with Gasteiger partial charge in [-0.05, 0) is 80.0 Å². The summed E-state index contributed by atoms with van der Waals surface area (Å²) in [7, 11) is 0. The van der Waals surface area contributed by atoms with E-state index in [1.165, 1.54) is 43.9 Å². The van der Waals surface area contributed by atoms with Crippen molar-refractivity contribution >= 4 is 11.8 Å². The van der Waals surface area contributed by atoms with Crippen molar-refractivity contribution < 1.29 is 0 Å². The average Bonchev–Trinajstić information content (AvgIpc) is 2.63. The Morgan fingerprint density at radius 3 is 1.81 bits per heavy atom. The third-order valence-electron chi connectivity index (χ3n) is 4.26.